The van der Waals surface area contributed by atoms with Gasteiger partial charge in [-0.15, -0.1) is 23.7 Å². The van der Waals surface area contributed by atoms with Gasteiger partial charge in [0.25, 0.3) is 0 Å². The molecule has 1 N–H and O–H groups in total. The molecule has 0 aliphatic carbocycles. The second-order valence-electron chi connectivity index (χ2n) is 4.75. The highest BCUT2D eigenvalue weighted by molar-refractivity contribution is 7.17. The second-order valence-corrected chi connectivity index (χ2v) is 5.67. The molecule has 3 nitrogen and oxygen atoms in total. The molecule has 6 heteroatoms. The van der Waals surface area contributed by atoms with E-state index in [1.807, 2.05) is 29.5 Å². The first-order valence-corrected chi connectivity index (χ1v) is 7.62. The minimum atomic E-state index is -0.152. The van der Waals surface area contributed by atoms with Gasteiger partial charge in [0.2, 0.25) is 0 Å². The monoisotopic (exact) mass is 333 g/mol. The van der Waals surface area contributed by atoms with E-state index < -0.39 is 0 Å². The van der Waals surface area contributed by atoms with Crippen LogP contribution < -0.4 is 0 Å². The first-order valence-electron chi connectivity index (χ1n) is 6.74. The first kappa shape index (κ1) is 18.3. The van der Waals surface area contributed by atoms with Crippen molar-refractivity contribution in [1.29, 1.82) is 0 Å². The van der Waals surface area contributed by atoms with Gasteiger partial charge in [-0.3, -0.25) is 0 Å². The molecule has 2 aromatic rings. The summed E-state index contributed by atoms with van der Waals surface area (Å²) in [6.45, 7) is 2.68. The number of fused-ring (bicyclic) bond motifs is 1. The maximum Gasteiger partial charge on any atom is 0.127 e. The van der Waals surface area contributed by atoms with Crippen molar-refractivity contribution >= 4 is 33.8 Å². The van der Waals surface area contributed by atoms with Gasteiger partial charge < -0.3 is 14.7 Å². The smallest absolute Gasteiger partial charge is 0.127 e. The molecule has 0 aliphatic heterocycles. The van der Waals surface area contributed by atoms with Gasteiger partial charge >= 0.3 is 0 Å². The lowest BCUT2D eigenvalue weighted by Gasteiger charge is -2.14. The number of rotatable bonds is 8. The zero-order valence-corrected chi connectivity index (χ0v) is 13.7. The summed E-state index contributed by atoms with van der Waals surface area (Å²) in [5.41, 5.74) is 0.751. The van der Waals surface area contributed by atoms with Crippen molar-refractivity contribution in [2.45, 2.75) is 6.42 Å². The molecule has 1 heterocycles. The van der Waals surface area contributed by atoms with E-state index in [1.165, 1.54) is 6.07 Å². The quantitative estimate of drug-likeness (QED) is 0.754. The molecule has 2 rings (SSSR count). The third-order valence-electron chi connectivity index (χ3n) is 3.26. The van der Waals surface area contributed by atoms with Crippen LogP contribution in [-0.4, -0.2) is 50.0 Å². The van der Waals surface area contributed by atoms with Gasteiger partial charge in [-0.25, -0.2) is 4.39 Å². The van der Waals surface area contributed by atoms with Crippen LogP contribution in [0.15, 0.2) is 23.6 Å². The van der Waals surface area contributed by atoms with Crippen LogP contribution in [0.1, 0.15) is 5.56 Å². The third kappa shape index (κ3) is 5.20. The Morgan fingerprint density at radius 1 is 1.24 bits per heavy atom. The van der Waals surface area contributed by atoms with Crippen molar-refractivity contribution in [1.82, 2.24) is 4.90 Å². The molecular weight excluding hydrogens is 313 g/mol. The highest BCUT2D eigenvalue weighted by Crippen LogP contribution is 2.27. The van der Waals surface area contributed by atoms with Crippen molar-refractivity contribution in [3.8, 4) is 0 Å². The molecule has 118 valence electrons. The van der Waals surface area contributed by atoms with E-state index in [0.717, 1.165) is 22.2 Å². The fraction of sp³-hybridized carbons (Fsp3) is 0.467. The minimum Gasteiger partial charge on any atom is -0.395 e. The SMILES string of the molecule is CN(CCO)CCOCCc1c(F)ccc2ccsc12.Cl. The van der Waals surface area contributed by atoms with E-state index in [9.17, 15) is 4.39 Å². The van der Waals surface area contributed by atoms with E-state index in [4.69, 9.17) is 9.84 Å². The number of halogens is 2. The zero-order chi connectivity index (χ0) is 14.4. The molecule has 0 saturated heterocycles. The Morgan fingerprint density at radius 2 is 2.05 bits per heavy atom. The summed E-state index contributed by atoms with van der Waals surface area (Å²) < 4.78 is 20.4. The molecule has 0 spiro atoms. The molecule has 0 bridgehead atoms. The lowest BCUT2D eigenvalue weighted by molar-refractivity contribution is 0.107. The largest absolute Gasteiger partial charge is 0.395 e. The van der Waals surface area contributed by atoms with Crippen LogP contribution in [0.4, 0.5) is 4.39 Å². The Kier molecular flexibility index (Phi) is 8.14. The second kappa shape index (κ2) is 9.33. The number of ether oxygens (including phenoxy) is 1. The molecule has 21 heavy (non-hydrogen) atoms. The molecule has 0 unspecified atom stereocenters. The number of nitrogens with zero attached hydrogens (tertiary/aromatic N) is 1. The lowest BCUT2D eigenvalue weighted by Crippen LogP contribution is -2.26. The van der Waals surface area contributed by atoms with E-state index >= 15 is 0 Å². The van der Waals surface area contributed by atoms with Gasteiger partial charge in [0.15, 0.2) is 0 Å². The normalized spacial score (nSPS) is 11.0. The van der Waals surface area contributed by atoms with E-state index in [0.29, 0.717) is 26.2 Å². The van der Waals surface area contributed by atoms with Crippen LogP contribution in [0.25, 0.3) is 10.1 Å². The third-order valence-corrected chi connectivity index (χ3v) is 4.25. The molecule has 1 aromatic heterocycles. The van der Waals surface area contributed by atoms with Crippen molar-refractivity contribution in [3.63, 3.8) is 0 Å². The van der Waals surface area contributed by atoms with E-state index in [2.05, 4.69) is 0 Å². The molecule has 0 fully saturated rings. The Hall–Kier alpha value is -0.720. The van der Waals surface area contributed by atoms with Gasteiger partial charge in [-0.05, 0) is 29.9 Å². The minimum absolute atomic E-state index is 0. The van der Waals surface area contributed by atoms with E-state index in [1.54, 1.807) is 11.3 Å². The lowest BCUT2D eigenvalue weighted by atomic mass is 10.1. The van der Waals surface area contributed by atoms with Crippen LogP contribution in [0.3, 0.4) is 0 Å². The number of aliphatic hydroxyl groups is 1. The summed E-state index contributed by atoms with van der Waals surface area (Å²) >= 11 is 1.57. The average molecular weight is 334 g/mol. The van der Waals surface area contributed by atoms with Gasteiger partial charge in [0.05, 0.1) is 19.8 Å². The van der Waals surface area contributed by atoms with Crippen LogP contribution in [0.2, 0.25) is 0 Å². The van der Waals surface area contributed by atoms with Crippen LogP contribution >= 0.6 is 23.7 Å². The summed E-state index contributed by atoms with van der Waals surface area (Å²) in [5, 5.41) is 11.9. The van der Waals surface area contributed by atoms with Crippen molar-refractivity contribution < 1.29 is 14.2 Å². The number of hydrogen-bond donors (Lipinski definition) is 1. The molecular formula is C15H21ClFNO2S. The summed E-state index contributed by atoms with van der Waals surface area (Å²) in [5.74, 6) is -0.152. The molecule has 1 aromatic carbocycles. The zero-order valence-electron chi connectivity index (χ0n) is 12.0. The first-order chi connectivity index (χ1) is 9.72. The van der Waals surface area contributed by atoms with Crippen molar-refractivity contribution in [2.75, 3.05) is 40.0 Å². The molecule has 0 amide bonds. The fourth-order valence-corrected chi connectivity index (χ4v) is 3.04. The topological polar surface area (TPSA) is 32.7 Å². The molecule has 0 aliphatic rings. The molecule has 0 saturated carbocycles. The summed E-state index contributed by atoms with van der Waals surface area (Å²) in [4.78, 5) is 2.00. The predicted molar refractivity (Wildman–Crippen MR) is 88.1 cm³/mol. The summed E-state index contributed by atoms with van der Waals surface area (Å²) in [7, 11) is 1.94. The fourth-order valence-electron chi connectivity index (χ4n) is 2.08. The van der Waals surface area contributed by atoms with Crippen molar-refractivity contribution in [2.24, 2.45) is 0 Å². The predicted octanol–water partition coefficient (Wildman–Crippen LogP) is 2.95. The number of benzene rings is 1. The van der Waals surface area contributed by atoms with Crippen molar-refractivity contribution in [3.05, 3.63) is 35.0 Å². The number of aliphatic hydroxyl groups excluding tert-OH is 1. The highest BCUT2D eigenvalue weighted by atomic mass is 35.5. The number of hydrogen-bond acceptors (Lipinski definition) is 4. The van der Waals surface area contributed by atoms with Gasteiger partial charge in [-0.2, -0.15) is 0 Å². The van der Waals surface area contributed by atoms with Crippen LogP contribution in [0.5, 0.6) is 0 Å². The Morgan fingerprint density at radius 3 is 2.81 bits per heavy atom. The maximum absolute atomic E-state index is 13.9. The maximum atomic E-state index is 13.9. The highest BCUT2D eigenvalue weighted by Gasteiger charge is 2.08. The van der Waals surface area contributed by atoms with Gasteiger partial charge in [-0.1, -0.05) is 6.07 Å². The Bertz CT molecular complexity index is 549. The number of likely N-dealkylation sites (N-methyl/N-ethyl adjacent to an activating group) is 1. The molecule has 0 atom stereocenters. The molecule has 0 radical (unpaired) electrons. The number of thiophene rings is 1. The van der Waals surface area contributed by atoms with Gasteiger partial charge in [0, 0.05) is 29.8 Å². The summed E-state index contributed by atoms with van der Waals surface area (Å²) in [6, 6.07) is 5.35. The van der Waals surface area contributed by atoms with Crippen LogP contribution in [-0.2, 0) is 11.2 Å². The van der Waals surface area contributed by atoms with Crippen LogP contribution in [0, 0.1) is 5.82 Å². The Labute approximate surface area is 134 Å². The van der Waals surface area contributed by atoms with E-state index in [-0.39, 0.29) is 24.8 Å². The Balaban J connectivity index is 0.00000220. The van der Waals surface area contributed by atoms with Gasteiger partial charge in [0.1, 0.15) is 5.82 Å². The summed E-state index contributed by atoms with van der Waals surface area (Å²) in [6.07, 6.45) is 0.591. The average Bonchev–Trinajstić information content (AvgIpc) is 2.89. The standard InChI is InChI=1S/C15H20FNO2S.ClH/c1-17(6-8-18)7-10-19-9-4-13-14(16)3-2-12-5-11-20-15(12)13;/h2-3,5,11,18H,4,6-10H2,1H3;1H.